The van der Waals surface area contributed by atoms with Crippen LogP contribution in [-0.4, -0.2) is 0 Å². The zero-order chi connectivity index (χ0) is 19.1. The minimum atomic E-state index is 0.378. The van der Waals surface area contributed by atoms with Crippen LogP contribution in [0.5, 0.6) is 0 Å². The highest BCUT2D eigenvalue weighted by atomic mass is 16.3. The monoisotopic (exact) mass is 366 g/mol. The Kier molecular flexibility index (Phi) is 3.76. The summed E-state index contributed by atoms with van der Waals surface area (Å²) in [5, 5.41) is 5.84. The topological polar surface area (TPSA) is 64.7 Å². The SMILES string of the molecule is Cc1c2occ(-c3ccccc3)c2cc2c(-c3ccccc3)c/c(=N\N)oc12. The van der Waals surface area contributed by atoms with Gasteiger partial charge in [0.25, 0.3) is 0 Å². The molecule has 136 valence electrons. The lowest BCUT2D eigenvalue weighted by molar-refractivity contribution is 0.534. The standard InChI is InChI=1S/C24H18N2O2/c1-15-23-20(21(14-27-23)17-10-6-3-7-11-17)12-19-18(16-8-4-2-5-9-16)13-22(26-25)28-24(15)19/h2-14H,25H2,1H3/b26-22+. The molecule has 4 heteroatoms. The Labute approximate surface area is 161 Å². The van der Waals surface area contributed by atoms with Crippen LogP contribution in [0.15, 0.2) is 93.0 Å². The van der Waals surface area contributed by atoms with Crippen molar-refractivity contribution in [2.45, 2.75) is 6.92 Å². The third-order valence-corrected chi connectivity index (χ3v) is 5.11. The van der Waals surface area contributed by atoms with Crippen LogP contribution in [0.3, 0.4) is 0 Å². The molecule has 0 aliphatic heterocycles. The number of fused-ring (bicyclic) bond motifs is 2. The van der Waals surface area contributed by atoms with Gasteiger partial charge in [-0.3, -0.25) is 0 Å². The molecular formula is C24H18N2O2. The van der Waals surface area contributed by atoms with Crippen LogP contribution in [-0.2, 0) is 0 Å². The lowest BCUT2D eigenvalue weighted by atomic mass is 9.96. The van der Waals surface area contributed by atoms with Crippen LogP contribution in [0.1, 0.15) is 5.56 Å². The maximum Gasteiger partial charge on any atom is 0.236 e. The van der Waals surface area contributed by atoms with Crippen molar-refractivity contribution >= 4 is 21.9 Å². The minimum absolute atomic E-state index is 0.378. The summed E-state index contributed by atoms with van der Waals surface area (Å²) < 4.78 is 11.9. The van der Waals surface area contributed by atoms with E-state index in [0.29, 0.717) is 5.55 Å². The van der Waals surface area contributed by atoms with E-state index in [1.807, 2.05) is 55.7 Å². The first kappa shape index (κ1) is 16.4. The molecule has 0 unspecified atom stereocenters. The van der Waals surface area contributed by atoms with Gasteiger partial charge in [0.2, 0.25) is 5.55 Å². The number of rotatable bonds is 2. The summed E-state index contributed by atoms with van der Waals surface area (Å²) in [6.45, 7) is 2.00. The van der Waals surface area contributed by atoms with Crippen molar-refractivity contribution in [3.8, 4) is 22.3 Å². The third kappa shape index (κ3) is 2.50. The Morgan fingerprint density at radius 3 is 2.00 bits per heavy atom. The molecule has 2 N–H and O–H groups in total. The number of benzene rings is 3. The normalized spacial score (nSPS) is 12.1. The zero-order valence-electron chi connectivity index (χ0n) is 15.3. The largest absolute Gasteiger partial charge is 0.463 e. The summed E-state index contributed by atoms with van der Waals surface area (Å²) in [7, 11) is 0. The number of hydrogen-bond acceptors (Lipinski definition) is 4. The van der Waals surface area contributed by atoms with Gasteiger partial charge in [-0.1, -0.05) is 60.7 Å². The van der Waals surface area contributed by atoms with Crippen LogP contribution < -0.4 is 11.4 Å². The van der Waals surface area contributed by atoms with Gasteiger partial charge >= 0.3 is 0 Å². The van der Waals surface area contributed by atoms with E-state index < -0.39 is 0 Å². The van der Waals surface area contributed by atoms with Crippen molar-refractivity contribution in [2.24, 2.45) is 10.9 Å². The maximum atomic E-state index is 5.98. The fourth-order valence-corrected chi connectivity index (χ4v) is 3.74. The predicted octanol–water partition coefficient (Wildman–Crippen LogP) is 5.60. The first-order valence-corrected chi connectivity index (χ1v) is 9.09. The summed E-state index contributed by atoms with van der Waals surface area (Å²) >= 11 is 0. The Hall–Kier alpha value is -3.79. The molecule has 0 saturated heterocycles. The molecule has 5 rings (SSSR count). The highest BCUT2D eigenvalue weighted by Gasteiger charge is 2.17. The lowest BCUT2D eigenvalue weighted by Gasteiger charge is -2.09. The molecule has 4 nitrogen and oxygen atoms in total. The highest BCUT2D eigenvalue weighted by Crippen LogP contribution is 2.38. The molecule has 0 spiro atoms. The van der Waals surface area contributed by atoms with Crippen LogP contribution >= 0.6 is 0 Å². The first-order chi connectivity index (χ1) is 13.8. The van der Waals surface area contributed by atoms with Crippen LogP contribution in [0.25, 0.3) is 44.2 Å². The molecule has 2 aromatic heterocycles. The van der Waals surface area contributed by atoms with E-state index in [9.17, 15) is 0 Å². The molecule has 28 heavy (non-hydrogen) atoms. The molecule has 0 radical (unpaired) electrons. The van der Waals surface area contributed by atoms with Gasteiger partial charge in [-0.25, -0.2) is 0 Å². The number of nitrogens with two attached hydrogens (primary N) is 1. The first-order valence-electron chi connectivity index (χ1n) is 9.09. The van der Waals surface area contributed by atoms with Crippen LogP contribution in [0.2, 0.25) is 0 Å². The molecule has 0 aliphatic rings. The maximum absolute atomic E-state index is 5.98. The molecule has 0 amide bonds. The van der Waals surface area contributed by atoms with E-state index in [0.717, 1.165) is 49.8 Å². The van der Waals surface area contributed by atoms with Crippen molar-refractivity contribution < 1.29 is 8.83 Å². The summed E-state index contributed by atoms with van der Waals surface area (Å²) in [5.41, 5.74) is 7.13. The van der Waals surface area contributed by atoms with Crippen molar-refractivity contribution in [1.82, 2.24) is 0 Å². The Bertz CT molecular complexity index is 1360. The van der Waals surface area contributed by atoms with Gasteiger partial charge in [-0.2, -0.15) is 0 Å². The van der Waals surface area contributed by atoms with Crippen LogP contribution in [0, 0.1) is 6.92 Å². The molecule has 0 atom stereocenters. The summed E-state index contributed by atoms with van der Waals surface area (Å²) in [4.78, 5) is 0. The number of aryl methyl sites for hydroxylation is 1. The molecule has 0 bridgehead atoms. The van der Waals surface area contributed by atoms with Gasteiger partial charge in [0.05, 0.1) is 6.26 Å². The third-order valence-electron chi connectivity index (χ3n) is 5.11. The smallest absolute Gasteiger partial charge is 0.236 e. The number of furan rings is 1. The van der Waals surface area contributed by atoms with Crippen molar-refractivity contribution in [2.75, 3.05) is 0 Å². The predicted molar refractivity (Wildman–Crippen MR) is 111 cm³/mol. The number of nitrogens with zero attached hydrogens (tertiary/aromatic N) is 1. The van der Waals surface area contributed by atoms with E-state index in [1.165, 1.54) is 0 Å². The van der Waals surface area contributed by atoms with Gasteiger partial charge < -0.3 is 14.7 Å². The Balaban J connectivity index is 1.91. The van der Waals surface area contributed by atoms with Gasteiger partial charge in [0, 0.05) is 28.0 Å². The molecule has 3 aromatic carbocycles. The fourth-order valence-electron chi connectivity index (χ4n) is 3.74. The second-order valence-corrected chi connectivity index (χ2v) is 6.76. The van der Waals surface area contributed by atoms with Crippen molar-refractivity contribution in [1.29, 1.82) is 0 Å². The quantitative estimate of drug-likeness (QED) is 0.327. The van der Waals surface area contributed by atoms with E-state index >= 15 is 0 Å². The lowest BCUT2D eigenvalue weighted by Crippen LogP contribution is -2.05. The van der Waals surface area contributed by atoms with Crippen molar-refractivity contribution in [3.63, 3.8) is 0 Å². The van der Waals surface area contributed by atoms with E-state index in [2.05, 4.69) is 35.4 Å². The fraction of sp³-hybridized carbons (Fsp3) is 0.0417. The molecular weight excluding hydrogens is 348 g/mol. The second-order valence-electron chi connectivity index (χ2n) is 6.76. The van der Waals surface area contributed by atoms with E-state index in [1.54, 1.807) is 0 Å². The zero-order valence-corrected chi connectivity index (χ0v) is 15.3. The second kappa shape index (κ2) is 6.43. The molecule has 5 aromatic rings. The molecule has 0 fully saturated rings. The van der Waals surface area contributed by atoms with Crippen molar-refractivity contribution in [3.05, 3.63) is 90.2 Å². The van der Waals surface area contributed by atoms with Gasteiger partial charge in [0.15, 0.2) is 0 Å². The average molecular weight is 366 g/mol. The van der Waals surface area contributed by atoms with E-state index in [4.69, 9.17) is 14.7 Å². The molecule has 0 saturated carbocycles. The Morgan fingerprint density at radius 2 is 1.36 bits per heavy atom. The summed E-state index contributed by atoms with van der Waals surface area (Å²) in [6, 6.07) is 24.4. The average Bonchev–Trinajstić information content (AvgIpc) is 3.19. The Morgan fingerprint density at radius 1 is 0.750 bits per heavy atom. The van der Waals surface area contributed by atoms with Gasteiger partial charge in [-0.15, -0.1) is 5.10 Å². The number of hydrogen-bond donors (Lipinski definition) is 1. The molecule has 0 aliphatic carbocycles. The van der Waals surface area contributed by atoms with Crippen LogP contribution in [0.4, 0.5) is 0 Å². The summed E-state index contributed by atoms with van der Waals surface area (Å²) in [6.07, 6.45) is 1.81. The van der Waals surface area contributed by atoms with Gasteiger partial charge in [-0.05, 0) is 29.7 Å². The van der Waals surface area contributed by atoms with Gasteiger partial charge in [0.1, 0.15) is 11.2 Å². The highest BCUT2D eigenvalue weighted by molar-refractivity contribution is 6.07. The molecule has 2 heterocycles. The van der Waals surface area contributed by atoms with E-state index in [-0.39, 0.29) is 0 Å². The minimum Gasteiger partial charge on any atom is -0.463 e. The summed E-state index contributed by atoms with van der Waals surface area (Å²) in [5.74, 6) is 5.54.